The zero-order chi connectivity index (χ0) is 15.1. The van der Waals surface area contributed by atoms with Crippen LogP contribution >= 0.6 is 0 Å². The van der Waals surface area contributed by atoms with E-state index in [1.807, 2.05) is 45.0 Å². The highest BCUT2D eigenvalue weighted by Gasteiger charge is 2.22. The van der Waals surface area contributed by atoms with E-state index in [2.05, 4.69) is 5.32 Å². The summed E-state index contributed by atoms with van der Waals surface area (Å²) in [5.41, 5.74) is 2.16. The number of rotatable bonds is 6. The molecule has 0 saturated carbocycles. The molecule has 0 aliphatic rings. The van der Waals surface area contributed by atoms with E-state index >= 15 is 0 Å². The summed E-state index contributed by atoms with van der Waals surface area (Å²) in [6.45, 7) is 5.94. The van der Waals surface area contributed by atoms with Crippen molar-refractivity contribution in [2.45, 2.75) is 39.7 Å². The van der Waals surface area contributed by atoms with Crippen molar-refractivity contribution >= 4 is 11.9 Å². The van der Waals surface area contributed by atoms with Gasteiger partial charge in [0.25, 0.3) is 0 Å². The van der Waals surface area contributed by atoms with Crippen molar-refractivity contribution in [1.82, 2.24) is 5.32 Å². The number of ether oxygens (including phenoxy) is 1. The third-order valence-electron chi connectivity index (χ3n) is 2.97. The minimum absolute atomic E-state index is 0.123. The van der Waals surface area contributed by atoms with Gasteiger partial charge in [0, 0.05) is 12.8 Å². The number of esters is 1. The van der Waals surface area contributed by atoms with E-state index in [-0.39, 0.29) is 11.8 Å². The molecule has 0 aromatic heterocycles. The fourth-order valence-corrected chi connectivity index (χ4v) is 1.92. The van der Waals surface area contributed by atoms with Gasteiger partial charge in [0.05, 0.1) is 7.11 Å². The van der Waals surface area contributed by atoms with Gasteiger partial charge in [-0.2, -0.15) is 0 Å². The Hall–Kier alpha value is -1.84. The number of hydrogen-bond donors (Lipinski definition) is 1. The zero-order valence-electron chi connectivity index (χ0n) is 12.6. The number of nitrogens with one attached hydrogen (secondary N) is 1. The van der Waals surface area contributed by atoms with E-state index in [0.717, 1.165) is 11.1 Å². The van der Waals surface area contributed by atoms with Crippen LogP contribution in [-0.2, 0) is 20.7 Å². The summed E-state index contributed by atoms with van der Waals surface area (Å²) < 4.78 is 4.76. The lowest BCUT2D eigenvalue weighted by Crippen LogP contribution is -2.43. The summed E-state index contributed by atoms with van der Waals surface area (Å²) in [5.74, 6) is -0.280. The molecule has 1 atom stereocenters. The molecule has 0 unspecified atom stereocenters. The number of benzene rings is 1. The molecule has 0 fully saturated rings. The highest BCUT2D eigenvalue weighted by Crippen LogP contribution is 2.08. The summed E-state index contributed by atoms with van der Waals surface area (Å²) in [6.07, 6.45) is 0.845. The average Bonchev–Trinajstić information content (AvgIpc) is 2.38. The van der Waals surface area contributed by atoms with Gasteiger partial charge < -0.3 is 10.1 Å². The molecule has 20 heavy (non-hydrogen) atoms. The Kier molecular flexibility index (Phi) is 6.22. The van der Waals surface area contributed by atoms with Gasteiger partial charge in [0.1, 0.15) is 6.04 Å². The lowest BCUT2D eigenvalue weighted by Gasteiger charge is -2.17. The van der Waals surface area contributed by atoms with E-state index in [1.54, 1.807) is 0 Å². The molecule has 1 rings (SSSR count). The number of amides is 1. The predicted octanol–water partition coefficient (Wildman–Crippen LogP) is 2.24. The molecule has 110 valence electrons. The van der Waals surface area contributed by atoms with Crippen LogP contribution in [0.3, 0.4) is 0 Å². The van der Waals surface area contributed by atoms with Crippen LogP contribution in [0.15, 0.2) is 24.3 Å². The molecular weight excluding hydrogens is 254 g/mol. The Morgan fingerprint density at radius 3 is 2.30 bits per heavy atom. The van der Waals surface area contributed by atoms with Gasteiger partial charge in [-0.25, -0.2) is 4.79 Å². The minimum atomic E-state index is -0.631. The number of carbonyl (C=O) groups excluding carboxylic acids is 2. The first-order chi connectivity index (χ1) is 9.42. The Labute approximate surface area is 120 Å². The molecule has 1 N–H and O–H groups in total. The maximum Gasteiger partial charge on any atom is 0.328 e. The summed E-state index contributed by atoms with van der Waals surface area (Å²) in [4.78, 5) is 23.6. The Bertz CT molecular complexity index is 451. The van der Waals surface area contributed by atoms with Crippen LogP contribution in [-0.4, -0.2) is 25.0 Å². The molecule has 0 saturated heterocycles. The van der Waals surface area contributed by atoms with Crippen molar-refractivity contribution in [2.75, 3.05) is 7.11 Å². The van der Waals surface area contributed by atoms with E-state index in [9.17, 15) is 9.59 Å². The quantitative estimate of drug-likeness (QED) is 0.811. The van der Waals surface area contributed by atoms with Gasteiger partial charge in [-0.3, -0.25) is 4.79 Å². The van der Waals surface area contributed by atoms with Crippen molar-refractivity contribution in [3.63, 3.8) is 0 Å². The van der Waals surface area contributed by atoms with Crippen molar-refractivity contribution in [1.29, 1.82) is 0 Å². The molecule has 1 aromatic rings. The fraction of sp³-hybridized carbons (Fsp3) is 0.500. The summed E-state index contributed by atoms with van der Waals surface area (Å²) in [5, 5.41) is 2.75. The third kappa shape index (κ3) is 5.43. The number of methoxy groups -OCH3 is 1. The standard InChI is InChI=1S/C16H23NO3/c1-11(2)9-15(18)17-14(16(19)20-4)10-13-7-5-12(3)6-8-13/h5-8,11,14H,9-10H2,1-4H3,(H,17,18)/t14-/m1/s1. The number of aryl methyl sites for hydroxylation is 1. The van der Waals surface area contributed by atoms with Gasteiger partial charge in [0.15, 0.2) is 0 Å². The van der Waals surface area contributed by atoms with Gasteiger partial charge >= 0.3 is 5.97 Å². The first kappa shape index (κ1) is 16.2. The second-order valence-corrected chi connectivity index (χ2v) is 5.43. The topological polar surface area (TPSA) is 55.4 Å². The van der Waals surface area contributed by atoms with E-state index in [1.165, 1.54) is 7.11 Å². The molecule has 4 nitrogen and oxygen atoms in total. The third-order valence-corrected chi connectivity index (χ3v) is 2.97. The van der Waals surface area contributed by atoms with Crippen LogP contribution in [0.5, 0.6) is 0 Å². The lowest BCUT2D eigenvalue weighted by molar-refractivity contribution is -0.145. The summed E-state index contributed by atoms with van der Waals surface area (Å²) in [7, 11) is 1.33. The highest BCUT2D eigenvalue weighted by atomic mass is 16.5. The smallest absolute Gasteiger partial charge is 0.328 e. The van der Waals surface area contributed by atoms with Crippen LogP contribution in [0.4, 0.5) is 0 Å². The van der Waals surface area contributed by atoms with Gasteiger partial charge in [-0.1, -0.05) is 43.7 Å². The SMILES string of the molecule is COC(=O)[C@@H](Cc1ccc(C)cc1)NC(=O)CC(C)C. The van der Waals surface area contributed by atoms with Crippen molar-refractivity contribution in [3.8, 4) is 0 Å². The van der Waals surface area contributed by atoms with Crippen LogP contribution in [0.2, 0.25) is 0 Å². The van der Waals surface area contributed by atoms with Crippen molar-refractivity contribution in [2.24, 2.45) is 5.92 Å². The van der Waals surface area contributed by atoms with E-state index < -0.39 is 12.0 Å². The largest absolute Gasteiger partial charge is 0.467 e. The monoisotopic (exact) mass is 277 g/mol. The number of hydrogen-bond acceptors (Lipinski definition) is 3. The normalized spacial score (nSPS) is 12.1. The molecule has 1 amide bonds. The molecule has 0 radical (unpaired) electrons. The van der Waals surface area contributed by atoms with E-state index in [4.69, 9.17) is 4.74 Å². The fourth-order valence-electron chi connectivity index (χ4n) is 1.92. The summed E-state index contributed by atoms with van der Waals surface area (Å²) >= 11 is 0. The molecule has 0 aliphatic heterocycles. The van der Waals surface area contributed by atoms with Crippen molar-refractivity contribution < 1.29 is 14.3 Å². The summed E-state index contributed by atoms with van der Waals surface area (Å²) in [6, 6.07) is 7.26. The molecule has 0 heterocycles. The zero-order valence-corrected chi connectivity index (χ0v) is 12.6. The lowest BCUT2D eigenvalue weighted by atomic mass is 10.0. The minimum Gasteiger partial charge on any atom is -0.467 e. The highest BCUT2D eigenvalue weighted by molar-refractivity contribution is 5.84. The van der Waals surface area contributed by atoms with Crippen molar-refractivity contribution in [3.05, 3.63) is 35.4 Å². The molecule has 4 heteroatoms. The number of carbonyl (C=O) groups is 2. The van der Waals surface area contributed by atoms with Gasteiger partial charge in [-0.05, 0) is 18.4 Å². The Balaban J connectivity index is 2.72. The molecular formula is C16H23NO3. The second-order valence-electron chi connectivity index (χ2n) is 5.43. The molecule has 0 aliphatic carbocycles. The second kappa shape index (κ2) is 7.68. The maximum absolute atomic E-state index is 11.8. The van der Waals surface area contributed by atoms with Crippen LogP contribution in [0, 0.1) is 12.8 Å². The first-order valence-electron chi connectivity index (χ1n) is 6.85. The van der Waals surface area contributed by atoms with Crippen LogP contribution in [0.1, 0.15) is 31.4 Å². The molecule has 1 aromatic carbocycles. The van der Waals surface area contributed by atoms with Crippen LogP contribution in [0.25, 0.3) is 0 Å². The first-order valence-corrected chi connectivity index (χ1v) is 6.85. The predicted molar refractivity (Wildman–Crippen MR) is 78.3 cm³/mol. The maximum atomic E-state index is 11.8. The van der Waals surface area contributed by atoms with Gasteiger partial charge in [0.2, 0.25) is 5.91 Å². The van der Waals surface area contributed by atoms with Gasteiger partial charge in [-0.15, -0.1) is 0 Å². The van der Waals surface area contributed by atoms with Crippen LogP contribution < -0.4 is 5.32 Å². The van der Waals surface area contributed by atoms with E-state index in [0.29, 0.717) is 12.8 Å². The average molecular weight is 277 g/mol. The molecule has 0 spiro atoms. The Morgan fingerprint density at radius 2 is 1.80 bits per heavy atom. The Morgan fingerprint density at radius 1 is 1.20 bits per heavy atom. The molecule has 0 bridgehead atoms.